The number of hydrogen-bond donors (Lipinski definition) is 2. The average Bonchev–Trinajstić information content (AvgIpc) is 2.50. The van der Waals surface area contributed by atoms with Crippen molar-refractivity contribution in [2.45, 2.75) is 32.2 Å². The molecular formula is C16H24N2O4. The topological polar surface area (TPSA) is 78.9 Å². The molecular weight excluding hydrogens is 284 g/mol. The van der Waals surface area contributed by atoms with Crippen LogP contribution in [0.3, 0.4) is 0 Å². The van der Waals surface area contributed by atoms with E-state index in [0.717, 1.165) is 18.6 Å². The number of aryl methyl sites for hydroxylation is 1. The van der Waals surface area contributed by atoms with Gasteiger partial charge < -0.3 is 20.1 Å². The van der Waals surface area contributed by atoms with E-state index in [1.807, 2.05) is 31.2 Å². The Bertz CT molecular complexity index is 487. The number of benzene rings is 1. The van der Waals surface area contributed by atoms with Crippen molar-refractivity contribution in [2.75, 3.05) is 20.7 Å². The lowest BCUT2D eigenvalue weighted by atomic mass is 10.1. The number of nitrogens with zero attached hydrogens (tertiary/aromatic N) is 1. The second kappa shape index (κ2) is 8.92. The molecule has 6 nitrogen and oxygen atoms in total. The Balaban J connectivity index is 2.33. The maximum atomic E-state index is 11.9. The van der Waals surface area contributed by atoms with Gasteiger partial charge >= 0.3 is 12.0 Å². The van der Waals surface area contributed by atoms with Gasteiger partial charge in [0.15, 0.2) is 0 Å². The zero-order chi connectivity index (χ0) is 16.5. The molecule has 1 rings (SSSR count). The number of carboxylic acids is 1. The fourth-order valence-corrected chi connectivity index (χ4v) is 1.93. The summed E-state index contributed by atoms with van der Waals surface area (Å²) in [5.41, 5.74) is 1.18. The number of carboxylic acid groups (broad SMARTS) is 1. The zero-order valence-corrected chi connectivity index (χ0v) is 13.3. The van der Waals surface area contributed by atoms with Gasteiger partial charge in [-0.2, -0.15) is 0 Å². The SMILES string of the molecule is COc1ccc(CCC(C)NC(=O)N(C)CCC(=O)O)cc1. The number of methoxy groups -OCH3 is 1. The molecule has 0 saturated heterocycles. The van der Waals surface area contributed by atoms with E-state index < -0.39 is 5.97 Å². The van der Waals surface area contributed by atoms with Crippen molar-refractivity contribution < 1.29 is 19.4 Å². The molecule has 0 aromatic heterocycles. The number of carbonyl (C=O) groups is 2. The molecule has 0 aliphatic heterocycles. The number of rotatable bonds is 8. The second-order valence-corrected chi connectivity index (χ2v) is 5.30. The van der Waals surface area contributed by atoms with Crippen molar-refractivity contribution >= 4 is 12.0 Å². The summed E-state index contributed by atoms with van der Waals surface area (Å²) in [5.74, 6) is -0.0858. The molecule has 0 heterocycles. The van der Waals surface area contributed by atoms with Gasteiger partial charge in [0.25, 0.3) is 0 Å². The van der Waals surface area contributed by atoms with Gasteiger partial charge in [-0.05, 0) is 37.5 Å². The third-order valence-corrected chi connectivity index (χ3v) is 3.40. The predicted molar refractivity (Wildman–Crippen MR) is 84.2 cm³/mol. The van der Waals surface area contributed by atoms with Crippen molar-refractivity contribution in [1.82, 2.24) is 10.2 Å². The van der Waals surface area contributed by atoms with Crippen molar-refractivity contribution in [3.8, 4) is 5.75 Å². The molecule has 2 N–H and O–H groups in total. The first-order valence-electron chi connectivity index (χ1n) is 7.28. The number of nitrogens with one attached hydrogen (secondary N) is 1. The monoisotopic (exact) mass is 308 g/mol. The van der Waals surface area contributed by atoms with Gasteiger partial charge in [-0.1, -0.05) is 12.1 Å². The quantitative estimate of drug-likeness (QED) is 0.771. The van der Waals surface area contributed by atoms with Crippen molar-refractivity contribution in [1.29, 1.82) is 0 Å². The molecule has 1 aromatic carbocycles. The summed E-state index contributed by atoms with van der Waals surface area (Å²) in [4.78, 5) is 23.7. The van der Waals surface area contributed by atoms with E-state index in [0.29, 0.717) is 0 Å². The van der Waals surface area contributed by atoms with Crippen LogP contribution in [0.4, 0.5) is 4.79 Å². The molecule has 6 heteroatoms. The zero-order valence-electron chi connectivity index (χ0n) is 13.3. The highest BCUT2D eigenvalue weighted by Gasteiger charge is 2.12. The Hall–Kier alpha value is -2.24. The van der Waals surface area contributed by atoms with Gasteiger partial charge in [0.05, 0.1) is 13.5 Å². The molecule has 1 unspecified atom stereocenters. The van der Waals surface area contributed by atoms with Crippen LogP contribution in [0.1, 0.15) is 25.3 Å². The van der Waals surface area contributed by atoms with Crippen LogP contribution >= 0.6 is 0 Å². The fraction of sp³-hybridized carbons (Fsp3) is 0.500. The molecule has 0 fully saturated rings. The first-order valence-corrected chi connectivity index (χ1v) is 7.28. The lowest BCUT2D eigenvalue weighted by Gasteiger charge is -2.20. The lowest BCUT2D eigenvalue weighted by molar-refractivity contribution is -0.137. The highest BCUT2D eigenvalue weighted by Crippen LogP contribution is 2.13. The Labute approximate surface area is 131 Å². The number of ether oxygens (including phenoxy) is 1. The van der Waals surface area contributed by atoms with Gasteiger partial charge in [-0.3, -0.25) is 4.79 Å². The van der Waals surface area contributed by atoms with Gasteiger partial charge in [-0.15, -0.1) is 0 Å². The molecule has 0 aliphatic rings. The van der Waals surface area contributed by atoms with Gasteiger partial charge in [0.2, 0.25) is 0 Å². The van der Waals surface area contributed by atoms with Crippen molar-refractivity contribution in [2.24, 2.45) is 0 Å². The molecule has 2 amide bonds. The Kier molecular flexibility index (Phi) is 7.22. The maximum absolute atomic E-state index is 11.9. The average molecular weight is 308 g/mol. The number of hydrogen-bond acceptors (Lipinski definition) is 3. The minimum absolute atomic E-state index is 0.0156. The summed E-state index contributed by atoms with van der Waals surface area (Å²) in [7, 11) is 3.22. The van der Waals surface area contributed by atoms with E-state index in [4.69, 9.17) is 9.84 Å². The Morgan fingerprint density at radius 3 is 2.50 bits per heavy atom. The van der Waals surface area contributed by atoms with Crippen LogP contribution in [-0.4, -0.2) is 48.8 Å². The molecule has 0 saturated carbocycles. The molecule has 0 aliphatic carbocycles. The summed E-state index contributed by atoms with van der Waals surface area (Å²) in [6, 6.07) is 7.61. The molecule has 1 aromatic rings. The predicted octanol–water partition coefficient (Wildman–Crippen LogP) is 2.13. The number of amides is 2. The van der Waals surface area contributed by atoms with E-state index in [1.165, 1.54) is 10.5 Å². The van der Waals surface area contributed by atoms with E-state index >= 15 is 0 Å². The van der Waals surface area contributed by atoms with E-state index in [1.54, 1.807) is 14.2 Å². The number of carbonyl (C=O) groups excluding carboxylic acids is 1. The van der Waals surface area contributed by atoms with Crippen LogP contribution in [0.15, 0.2) is 24.3 Å². The third-order valence-electron chi connectivity index (χ3n) is 3.40. The van der Waals surface area contributed by atoms with Crippen molar-refractivity contribution in [3.05, 3.63) is 29.8 Å². The van der Waals surface area contributed by atoms with Crippen LogP contribution in [0.25, 0.3) is 0 Å². The summed E-state index contributed by atoms with van der Waals surface area (Å²) in [5, 5.41) is 11.5. The van der Waals surface area contributed by atoms with E-state index in [-0.39, 0.29) is 25.0 Å². The first-order chi connectivity index (χ1) is 10.4. The minimum Gasteiger partial charge on any atom is -0.497 e. The molecule has 122 valence electrons. The van der Waals surface area contributed by atoms with Crippen LogP contribution in [0, 0.1) is 0 Å². The summed E-state index contributed by atoms with van der Waals surface area (Å²) < 4.78 is 5.11. The van der Waals surface area contributed by atoms with Crippen LogP contribution in [0.2, 0.25) is 0 Å². The minimum atomic E-state index is -0.910. The Morgan fingerprint density at radius 1 is 1.32 bits per heavy atom. The van der Waals surface area contributed by atoms with E-state index in [9.17, 15) is 9.59 Å². The number of urea groups is 1. The molecule has 22 heavy (non-hydrogen) atoms. The summed E-state index contributed by atoms with van der Waals surface area (Å²) >= 11 is 0. The van der Waals surface area contributed by atoms with Gasteiger partial charge in [0, 0.05) is 19.6 Å². The largest absolute Gasteiger partial charge is 0.497 e. The number of aliphatic carboxylic acids is 1. The highest BCUT2D eigenvalue weighted by atomic mass is 16.5. The maximum Gasteiger partial charge on any atom is 0.317 e. The smallest absolute Gasteiger partial charge is 0.317 e. The molecule has 1 atom stereocenters. The molecule has 0 spiro atoms. The van der Waals surface area contributed by atoms with Crippen LogP contribution < -0.4 is 10.1 Å². The van der Waals surface area contributed by atoms with Gasteiger partial charge in [0.1, 0.15) is 5.75 Å². The molecule has 0 radical (unpaired) electrons. The first kappa shape index (κ1) is 17.8. The summed E-state index contributed by atoms with van der Waals surface area (Å²) in [6.45, 7) is 2.14. The van der Waals surface area contributed by atoms with Gasteiger partial charge in [-0.25, -0.2) is 4.79 Å². The van der Waals surface area contributed by atoms with E-state index in [2.05, 4.69) is 5.32 Å². The third kappa shape index (κ3) is 6.47. The highest BCUT2D eigenvalue weighted by molar-refractivity contribution is 5.75. The lowest BCUT2D eigenvalue weighted by Crippen LogP contribution is -2.42. The van der Waals surface area contributed by atoms with Crippen LogP contribution in [0.5, 0.6) is 5.75 Å². The summed E-state index contributed by atoms with van der Waals surface area (Å²) in [6.07, 6.45) is 1.61. The van der Waals surface area contributed by atoms with Crippen LogP contribution in [-0.2, 0) is 11.2 Å². The standard InChI is InChI=1S/C16H24N2O4/c1-12(17-16(21)18(2)11-10-15(19)20)4-5-13-6-8-14(22-3)9-7-13/h6-9,12H,4-5,10-11H2,1-3H3,(H,17,21)(H,19,20). The molecule has 0 bridgehead atoms. The normalized spacial score (nSPS) is 11.6. The Morgan fingerprint density at radius 2 is 1.95 bits per heavy atom. The van der Waals surface area contributed by atoms with Crippen molar-refractivity contribution in [3.63, 3.8) is 0 Å². The fourth-order valence-electron chi connectivity index (χ4n) is 1.93. The second-order valence-electron chi connectivity index (χ2n) is 5.30.